The molecule has 0 fully saturated rings. The maximum atomic E-state index is 5.05. The molecule has 0 saturated heterocycles. The zero-order valence-corrected chi connectivity index (χ0v) is 24.0. The number of benzene rings is 5. The molecule has 8 rings (SSSR count). The van der Waals surface area contributed by atoms with Gasteiger partial charge in [-0.3, -0.25) is 4.98 Å². The van der Waals surface area contributed by atoms with Crippen LogP contribution in [0.5, 0.6) is 0 Å². The molecule has 43 heavy (non-hydrogen) atoms. The fourth-order valence-electron chi connectivity index (χ4n) is 5.58. The van der Waals surface area contributed by atoms with Crippen molar-refractivity contribution in [1.82, 2.24) is 15.0 Å². The van der Waals surface area contributed by atoms with Gasteiger partial charge >= 0.3 is 0 Å². The van der Waals surface area contributed by atoms with E-state index >= 15 is 0 Å². The van der Waals surface area contributed by atoms with Crippen LogP contribution in [0.4, 0.5) is 0 Å². The van der Waals surface area contributed by atoms with Gasteiger partial charge in [0.2, 0.25) is 0 Å². The molecule has 8 aromatic rings. The Kier molecular flexibility index (Phi) is 6.32. The van der Waals surface area contributed by atoms with Gasteiger partial charge in [0, 0.05) is 49.3 Å². The van der Waals surface area contributed by atoms with Crippen LogP contribution in [0, 0.1) is 0 Å². The number of thiophene rings is 1. The highest BCUT2D eigenvalue weighted by Gasteiger charge is 2.12. The summed E-state index contributed by atoms with van der Waals surface area (Å²) < 4.78 is 2.64. The summed E-state index contributed by atoms with van der Waals surface area (Å²) >= 11 is 1.85. The largest absolute Gasteiger partial charge is 0.265 e. The molecule has 0 atom stereocenters. The minimum Gasteiger partial charge on any atom is -0.265 e. The Morgan fingerprint density at radius 2 is 0.907 bits per heavy atom. The van der Waals surface area contributed by atoms with Crippen LogP contribution in [0.1, 0.15) is 0 Å². The van der Waals surface area contributed by atoms with Crippen molar-refractivity contribution in [2.75, 3.05) is 0 Å². The van der Waals surface area contributed by atoms with Crippen LogP contribution in [0.2, 0.25) is 0 Å². The quantitative estimate of drug-likeness (QED) is 0.208. The normalized spacial score (nSPS) is 11.3. The van der Waals surface area contributed by atoms with Gasteiger partial charge in [0.05, 0.1) is 11.4 Å². The van der Waals surface area contributed by atoms with Crippen molar-refractivity contribution in [3.8, 4) is 56.2 Å². The number of nitrogens with zero attached hydrogens (tertiary/aromatic N) is 3. The molecule has 0 radical (unpaired) electrons. The van der Waals surface area contributed by atoms with Crippen LogP contribution >= 0.6 is 11.3 Å². The first-order chi connectivity index (χ1) is 21.3. The van der Waals surface area contributed by atoms with Crippen LogP contribution in [0.25, 0.3) is 76.3 Å². The summed E-state index contributed by atoms with van der Waals surface area (Å²) in [6.45, 7) is 0. The molecule has 3 heterocycles. The number of pyridine rings is 1. The highest BCUT2D eigenvalue weighted by molar-refractivity contribution is 7.25. The first kappa shape index (κ1) is 25.3. The lowest BCUT2D eigenvalue weighted by molar-refractivity contribution is 1.18. The van der Waals surface area contributed by atoms with Crippen LogP contribution in [0.3, 0.4) is 0 Å². The summed E-state index contributed by atoms with van der Waals surface area (Å²) in [7, 11) is 0. The molecule has 0 aliphatic carbocycles. The van der Waals surface area contributed by atoms with Crippen molar-refractivity contribution in [2.24, 2.45) is 0 Å². The lowest BCUT2D eigenvalue weighted by Crippen LogP contribution is -1.96. The lowest BCUT2D eigenvalue weighted by atomic mass is 10.00. The maximum absolute atomic E-state index is 5.05. The molecular weight excluding hydrogens is 543 g/mol. The monoisotopic (exact) mass is 567 g/mol. The molecular formula is C39H25N3S. The molecule has 0 bridgehead atoms. The Morgan fingerprint density at radius 3 is 1.65 bits per heavy atom. The van der Waals surface area contributed by atoms with Gasteiger partial charge in [-0.25, -0.2) is 9.97 Å². The molecule has 0 amide bonds. The van der Waals surface area contributed by atoms with Gasteiger partial charge in [-0.1, -0.05) is 103 Å². The van der Waals surface area contributed by atoms with Gasteiger partial charge < -0.3 is 0 Å². The predicted molar refractivity (Wildman–Crippen MR) is 180 cm³/mol. The number of hydrogen-bond donors (Lipinski definition) is 0. The third-order valence-corrected chi connectivity index (χ3v) is 8.99. The molecule has 202 valence electrons. The standard InChI is InChI=1S/C39H25N3S/c1-2-6-29(7-3-1)35-25-36(42-39(41-35)31-16-12-26(13-17-31)28-20-22-40-23-21-28)30-14-10-27(11-15-30)32-18-19-38-34(24-32)33-8-4-5-9-37(33)43-38/h1-25H. The van der Waals surface area contributed by atoms with Crippen molar-refractivity contribution in [3.63, 3.8) is 0 Å². The van der Waals surface area contributed by atoms with E-state index in [1.165, 1.54) is 31.3 Å². The van der Waals surface area contributed by atoms with E-state index in [1.807, 2.05) is 54.1 Å². The zero-order chi connectivity index (χ0) is 28.6. The third kappa shape index (κ3) is 4.88. The Balaban J connectivity index is 1.17. The van der Waals surface area contributed by atoms with Gasteiger partial charge in [0.25, 0.3) is 0 Å². The Labute approximate surface area is 253 Å². The minimum atomic E-state index is 0.705. The second-order valence-corrected chi connectivity index (χ2v) is 11.6. The average Bonchev–Trinajstić information content (AvgIpc) is 3.47. The molecule has 3 aromatic heterocycles. The molecule has 0 saturated carbocycles. The Hall–Kier alpha value is -5.45. The third-order valence-electron chi connectivity index (χ3n) is 7.84. The van der Waals surface area contributed by atoms with E-state index in [1.54, 1.807) is 0 Å². The molecule has 0 aliphatic rings. The van der Waals surface area contributed by atoms with E-state index < -0.39 is 0 Å². The van der Waals surface area contributed by atoms with E-state index in [9.17, 15) is 0 Å². The van der Waals surface area contributed by atoms with Crippen molar-refractivity contribution in [2.45, 2.75) is 0 Å². The van der Waals surface area contributed by atoms with Crippen molar-refractivity contribution in [1.29, 1.82) is 0 Å². The zero-order valence-electron chi connectivity index (χ0n) is 23.2. The van der Waals surface area contributed by atoms with Crippen molar-refractivity contribution in [3.05, 3.63) is 152 Å². The van der Waals surface area contributed by atoms with Crippen LogP contribution < -0.4 is 0 Å². The fraction of sp³-hybridized carbons (Fsp3) is 0. The summed E-state index contributed by atoms with van der Waals surface area (Å²) in [5.41, 5.74) is 9.56. The van der Waals surface area contributed by atoms with E-state index in [0.29, 0.717) is 5.82 Å². The molecule has 0 unspecified atom stereocenters. The van der Waals surface area contributed by atoms with Crippen molar-refractivity contribution >= 4 is 31.5 Å². The summed E-state index contributed by atoms with van der Waals surface area (Å²) in [5, 5.41) is 2.63. The summed E-state index contributed by atoms with van der Waals surface area (Å²) in [5.74, 6) is 0.705. The molecule has 3 nitrogen and oxygen atoms in total. The second kappa shape index (κ2) is 10.8. The smallest absolute Gasteiger partial charge is 0.160 e. The first-order valence-electron chi connectivity index (χ1n) is 14.3. The van der Waals surface area contributed by atoms with E-state index in [4.69, 9.17) is 9.97 Å². The number of fused-ring (bicyclic) bond motifs is 3. The number of rotatable bonds is 5. The summed E-state index contributed by atoms with van der Waals surface area (Å²) in [6.07, 6.45) is 3.63. The molecule has 5 aromatic carbocycles. The van der Waals surface area contributed by atoms with E-state index in [0.717, 1.165) is 39.2 Å². The predicted octanol–water partition coefficient (Wildman–Crippen LogP) is 10.6. The molecule has 4 heteroatoms. The summed E-state index contributed by atoms with van der Waals surface area (Å²) in [4.78, 5) is 14.2. The van der Waals surface area contributed by atoms with E-state index in [-0.39, 0.29) is 0 Å². The van der Waals surface area contributed by atoms with E-state index in [2.05, 4.69) is 114 Å². The SMILES string of the molecule is c1ccc(-c2cc(-c3ccc(-c4ccc5sc6ccccc6c5c4)cc3)nc(-c3ccc(-c4ccncc4)cc3)n2)cc1. The minimum absolute atomic E-state index is 0.705. The van der Waals surface area contributed by atoms with Crippen LogP contribution in [0.15, 0.2) is 152 Å². The topological polar surface area (TPSA) is 38.7 Å². The van der Waals surface area contributed by atoms with Crippen molar-refractivity contribution < 1.29 is 0 Å². The highest BCUT2D eigenvalue weighted by atomic mass is 32.1. The number of hydrogen-bond acceptors (Lipinski definition) is 4. The second-order valence-electron chi connectivity index (χ2n) is 10.5. The average molecular weight is 568 g/mol. The van der Waals surface area contributed by atoms with Gasteiger partial charge in [-0.15, -0.1) is 11.3 Å². The molecule has 0 aliphatic heterocycles. The van der Waals surface area contributed by atoms with Gasteiger partial charge in [-0.05, 0) is 58.7 Å². The van der Waals surface area contributed by atoms with Gasteiger partial charge in [0.1, 0.15) is 0 Å². The van der Waals surface area contributed by atoms with Gasteiger partial charge in [0.15, 0.2) is 5.82 Å². The number of aromatic nitrogens is 3. The fourth-order valence-corrected chi connectivity index (χ4v) is 6.66. The maximum Gasteiger partial charge on any atom is 0.160 e. The first-order valence-corrected chi connectivity index (χ1v) is 15.1. The Bertz CT molecular complexity index is 2200. The van der Waals surface area contributed by atoms with Crippen LogP contribution in [-0.4, -0.2) is 15.0 Å². The molecule has 0 spiro atoms. The van der Waals surface area contributed by atoms with Gasteiger partial charge in [-0.2, -0.15) is 0 Å². The lowest BCUT2D eigenvalue weighted by Gasteiger charge is -2.11. The summed E-state index contributed by atoms with van der Waals surface area (Å²) in [6, 6.07) is 49.0. The Morgan fingerprint density at radius 1 is 0.372 bits per heavy atom. The van der Waals surface area contributed by atoms with Crippen LogP contribution in [-0.2, 0) is 0 Å². The molecule has 0 N–H and O–H groups in total. The highest BCUT2D eigenvalue weighted by Crippen LogP contribution is 2.37.